The number of rotatable bonds is 7. The molecule has 6 nitrogen and oxygen atoms in total. The lowest BCUT2D eigenvalue weighted by Gasteiger charge is -2.33. The third-order valence-corrected chi connectivity index (χ3v) is 6.96. The molecule has 1 aliphatic heterocycles. The van der Waals surface area contributed by atoms with Gasteiger partial charge in [0.25, 0.3) is 0 Å². The highest BCUT2D eigenvalue weighted by Gasteiger charge is 2.28. The summed E-state index contributed by atoms with van der Waals surface area (Å²) >= 11 is 0. The molecule has 4 rings (SSSR count). The number of carbonyl (C=O) groups excluding carboxylic acids is 1. The Morgan fingerprint density at radius 3 is 2.47 bits per heavy atom. The number of hydrogen-bond donors (Lipinski definition) is 1. The van der Waals surface area contributed by atoms with Crippen LogP contribution in [-0.4, -0.2) is 45.0 Å². The molecule has 1 heterocycles. The topological polar surface area (TPSA) is 75.7 Å². The Morgan fingerprint density at radius 1 is 1.10 bits per heavy atom. The van der Waals surface area contributed by atoms with Gasteiger partial charge in [0.05, 0.1) is 18.0 Å². The van der Waals surface area contributed by atoms with Crippen molar-refractivity contribution in [3.8, 4) is 0 Å². The van der Waals surface area contributed by atoms with Gasteiger partial charge in [0.2, 0.25) is 15.9 Å². The minimum atomic E-state index is -3.46. The molecule has 1 amide bonds. The first-order valence-electron chi connectivity index (χ1n) is 10.2. The van der Waals surface area contributed by atoms with Crippen LogP contribution in [0, 0.1) is 5.82 Å². The predicted molar refractivity (Wildman–Crippen MR) is 110 cm³/mol. The van der Waals surface area contributed by atoms with Crippen LogP contribution in [0.15, 0.2) is 53.4 Å². The molecule has 0 aromatic heterocycles. The van der Waals surface area contributed by atoms with Crippen molar-refractivity contribution in [1.82, 2.24) is 9.62 Å². The second-order valence-corrected chi connectivity index (χ2v) is 9.50. The molecule has 1 saturated heterocycles. The molecular weight excluding hydrogens is 407 g/mol. The minimum Gasteiger partial charge on any atom is -0.370 e. The summed E-state index contributed by atoms with van der Waals surface area (Å²) in [6.45, 7) is 1.41. The normalized spacial score (nSPS) is 19.6. The molecule has 1 saturated carbocycles. The van der Waals surface area contributed by atoms with Crippen LogP contribution < -0.4 is 4.72 Å². The number of sulfonamides is 1. The number of amides is 1. The van der Waals surface area contributed by atoms with Crippen LogP contribution in [0.3, 0.4) is 0 Å². The van der Waals surface area contributed by atoms with E-state index in [1.165, 1.54) is 12.1 Å². The van der Waals surface area contributed by atoms with Crippen LogP contribution in [-0.2, 0) is 26.0 Å². The van der Waals surface area contributed by atoms with Crippen molar-refractivity contribution in [1.29, 1.82) is 0 Å². The monoisotopic (exact) mass is 432 g/mol. The van der Waals surface area contributed by atoms with Crippen LogP contribution in [0.25, 0.3) is 0 Å². The standard InChI is InChI=1S/C22H25FN2O4S/c23-18-6-4-17(5-7-18)21-15-25(13-14-29-21)22(26)12-3-16-1-10-20(11-2-16)30(27,28)24-19-8-9-19/h1-2,4-7,10-11,19,21,24H,3,8-9,12-15H2. The van der Waals surface area contributed by atoms with E-state index in [0.717, 1.165) is 24.0 Å². The Morgan fingerprint density at radius 2 is 1.80 bits per heavy atom. The van der Waals surface area contributed by atoms with Crippen LogP contribution in [0.2, 0.25) is 0 Å². The SMILES string of the molecule is O=C(CCc1ccc(S(=O)(=O)NC2CC2)cc1)N1CCOC(c2ccc(F)cc2)C1. The van der Waals surface area contributed by atoms with E-state index in [4.69, 9.17) is 4.74 Å². The maximum Gasteiger partial charge on any atom is 0.240 e. The molecule has 1 unspecified atom stereocenters. The summed E-state index contributed by atoms with van der Waals surface area (Å²) in [6.07, 6.45) is 2.40. The lowest BCUT2D eigenvalue weighted by atomic mass is 10.1. The molecule has 1 aliphatic carbocycles. The van der Waals surface area contributed by atoms with Crippen molar-refractivity contribution in [3.05, 3.63) is 65.5 Å². The largest absolute Gasteiger partial charge is 0.370 e. The molecule has 8 heteroatoms. The maximum atomic E-state index is 13.1. The summed E-state index contributed by atoms with van der Waals surface area (Å²) in [5.41, 5.74) is 1.77. The Balaban J connectivity index is 1.31. The summed E-state index contributed by atoms with van der Waals surface area (Å²) in [4.78, 5) is 14.7. The zero-order valence-electron chi connectivity index (χ0n) is 16.6. The fourth-order valence-corrected chi connectivity index (χ4v) is 4.79. The lowest BCUT2D eigenvalue weighted by Crippen LogP contribution is -2.42. The van der Waals surface area contributed by atoms with Crippen molar-refractivity contribution in [2.45, 2.75) is 42.7 Å². The number of nitrogens with zero attached hydrogens (tertiary/aromatic N) is 1. The zero-order valence-corrected chi connectivity index (χ0v) is 17.4. The van der Waals surface area contributed by atoms with E-state index < -0.39 is 10.0 Å². The second-order valence-electron chi connectivity index (χ2n) is 7.79. The zero-order chi connectivity index (χ0) is 21.1. The Labute approximate surface area is 176 Å². The first-order valence-corrected chi connectivity index (χ1v) is 11.7. The third kappa shape index (κ3) is 5.24. The highest BCUT2D eigenvalue weighted by molar-refractivity contribution is 7.89. The van der Waals surface area contributed by atoms with Crippen molar-refractivity contribution in [2.24, 2.45) is 0 Å². The number of nitrogens with one attached hydrogen (secondary N) is 1. The van der Waals surface area contributed by atoms with Crippen LogP contribution >= 0.6 is 0 Å². The van der Waals surface area contributed by atoms with E-state index in [0.29, 0.717) is 32.5 Å². The van der Waals surface area contributed by atoms with Gasteiger partial charge < -0.3 is 9.64 Å². The predicted octanol–water partition coefficient (Wildman–Crippen LogP) is 2.80. The molecule has 160 valence electrons. The second kappa shape index (κ2) is 8.83. The molecular formula is C22H25FN2O4S. The highest BCUT2D eigenvalue weighted by Crippen LogP contribution is 2.24. The van der Waals surface area contributed by atoms with Crippen molar-refractivity contribution in [3.63, 3.8) is 0 Å². The molecule has 2 aromatic carbocycles. The lowest BCUT2D eigenvalue weighted by molar-refractivity contribution is -0.139. The molecule has 2 aliphatic rings. The maximum absolute atomic E-state index is 13.1. The molecule has 2 fully saturated rings. The van der Waals surface area contributed by atoms with Gasteiger partial charge in [-0.15, -0.1) is 0 Å². The third-order valence-electron chi connectivity index (χ3n) is 5.42. The number of morpholine rings is 1. The van der Waals surface area contributed by atoms with Gasteiger partial charge in [0, 0.05) is 19.0 Å². The first kappa shape index (κ1) is 21.0. The van der Waals surface area contributed by atoms with E-state index in [9.17, 15) is 17.6 Å². The minimum absolute atomic E-state index is 0.0255. The number of hydrogen-bond acceptors (Lipinski definition) is 4. The number of carbonyl (C=O) groups is 1. The van der Waals surface area contributed by atoms with Crippen LogP contribution in [0.1, 0.15) is 36.5 Å². The van der Waals surface area contributed by atoms with Crippen molar-refractivity contribution < 1.29 is 22.3 Å². The van der Waals surface area contributed by atoms with Crippen LogP contribution in [0.5, 0.6) is 0 Å². The van der Waals surface area contributed by atoms with E-state index in [1.54, 1.807) is 41.3 Å². The Bertz CT molecular complexity index is 989. The Kier molecular flexibility index (Phi) is 6.17. The smallest absolute Gasteiger partial charge is 0.240 e. The summed E-state index contributed by atoms with van der Waals surface area (Å²) in [5, 5.41) is 0. The summed E-state index contributed by atoms with van der Waals surface area (Å²) < 4.78 is 46.0. The molecule has 30 heavy (non-hydrogen) atoms. The average Bonchev–Trinajstić information content (AvgIpc) is 3.56. The summed E-state index contributed by atoms with van der Waals surface area (Å²) in [7, 11) is -3.46. The average molecular weight is 433 g/mol. The number of benzene rings is 2. The molecule has 1 N–H and O–H groups in total. The molecule has 0 radical (unpaired) electrons. The molecule has 2 aromatic rings. The van der Waals surface area contributed by atoms with E-state index in [1.807, 2.05) is 0 Å². The van der Waals surface area contributed by atoms with Gasteiger partial charge in [-0.3, -0.25) is 4.79 Å². The van der Waals surface area contributed by atoms with E-state index >= 15 is 0 Å². The number of aryl methyl sites for hydroxylation is 1. The quantitative estimate of drug-likeness (QED) is 0.730. The Hall–Kier alpha value is -2.29. The fraction of sp³-hybridized carbons (Fsp3) is 0.409. The molecule has 0 bridgehead atoms. The van der Waals surface area contributed by atoms with Gasteiger partial charge in [-0.1, -0.05) is 24.3 Å². The highest BCUT2D eigenvalue weighted by atomic mass is 32.2. The number of halogens is 1. The van der Waals surface area contributed by atoms with Gasteiger partial charge in [0.1, 0.15) is 11.9 Å². The van der Waals surface area contributed by atoms with E-state index in [-0.39, 0.29) is 28.8 Å². The first-order chi connectivity index (χ1) is 14.4. The van der Waals surface area contributed by atoms with Crippen LogP contribution in [0.4, 0.5) is 4.39 Å². The fourth-order valence-electron chi connectivity index (χ4n) is 3.49. The van der Waals surface area contributed by atoms with Crippen molar-refractivity contribution in [2.75, 3.05) is 19.7 Å². The van der Waals surface area contributed by atoms with Crippen molar-refractivity contribution >= 4 is 15.9 Å². The van der Waals surface area contributed by atoms with Gasteiger partial charge >= 0.3 is 0 Å². The van der Waals surface area contributed by atoms with E-state index in [2.05, 4.69) is 4.72 Å². The van der Waals surface area contributed by atoms with Gasteiger partial charge in [0.15, 0.2) is 0 Å². The molecule has 1 atom stereocenters. The van der Waals surface area contributed by atoms with Gasteiger partial charge in [-0.05, 0) is 54.7 Å². The summed E-state index contributed by atoms with van der Waals surface area (Å²) in [6, 6.07) is 12.9. The number of ether oxygens (including phenoxy) is 1. The van der Waals surface area contributed by atoms with Gasteiger partial charge in [-0.25, -0.2) is 17.5 Å². The van der Waals surface area contributed by atoms with Gasteiger partial charge in [-0.2, -0.15) is 0 Å². The summed E-state index contributed by atoms with van der Waals surface area (Å²) in [5.74, 6) is -0.276. The molecule has 0 spiro atoms.